The first-order valence-corrected chi connectivity index (χ1v) is 4.68. The minimum absolute atomic E-state index is 0.194. The molecule has 10 heavy (non-hydrogen) atoms. The van der Waals surface area contributed by atoms with Gasteiger partial charge < -0.3 is 4.55 Å². The third-order valence-electron chi connectivity index (χ3n) is 1.54. The van der Waals surface area contributed by atoms with E-state index in [1.807, 2.05) is 27.7 Å². The van der Waals surface area contributed by atoms with Crippen molar-refractivity contribution in [1.29, 1.82) is 0 Å². The first-order chi connectivity index (χ1) is 4.46. The lowest BCUT2D eigenvalue weighted by Crippen LogP contribution is -2.27. The quantitative estimate of drug-likeness (QED) is 0.592. The van der Waals surface area contributed by atoms with Gasteiger partial charge in [0.15, 0.2) is 0 Å². The van der Waals surface area contributed by atoms with Gasteiger partial charge >= 0.3 is 0 Å². The number of rotatable bonds is 3. The third-order valence-corrected chi connectivity index (χ3v) is 3.07. The molecule has 0 aliphatic heterocycles. The Morgan fingerprint density at radius 1 is 1.10 bits per heavy atom. The summed E-state index contributed by atoms with van der Waals surface area (Å²) < 4.78 is 21.2. The van der Waals surface area contributed by atoms with E-state index in [1.54, 1.807) is 0 Å². The van der Waals surface area contributed by atoms with E-state index in [0.717, 1.165) is 0 Å². The van der Waals surface area contributed by atoms with Crippen molar-refractivity contribution in [2.75, 3.05) is 0 Å². The molecule has 0 fully saturated rings. The second-order valence-electron chi connectivity index (χ2n) is 3.21. The lowest BCUT2D eigenvalue weighted by molar-refractivity contribution is 0.430. The highest BCUT2D eigenvalue weighted by Crippen LogP contribution is 2.16. The summed E-state index contributed by atoms with van der Waals surface area (Å²) >= 11 is -1.91. The Bertz CT molecular complexity index is 113. The van der Waals surface area contributed by atoms with Gasteiger partial charge in [0.2, 0.25) is 0 Å². The van der Waals surface area contributed by atoms with Crippen LogP contribution in [0.5, 0.6) is 0 Å². The molecule has 0 radical (unpaired) electrons. The average molecular weight is 163 g/mol. The van der Waals surface area contributed by atoms with Crippen molar-refractivity contribution in [2.24, 2.45) is 11.8 Å². The van der Waals surface area contributed by atoms with Crippen molar-refractivity contribution in [2.45, 2.75) is 32.9 Å². The van der Waals surface area contributed by atoms with Crippen molar-refractivity contribution in [1.82, 2.24) is 0 Å². The Kier molecular flexibility index (Phi) is 4.13. The maximum atomic E-state index is 10.6. The smallest absolute Gasteiger partial charge is 0.0261 e. The Hall–Kier alpha value is 0.110. The highest BCUT2D eigenvalue weighted by atomic mass is 32.2. The predicted octanol–water partition coefficient (Wildman–Crippen LogP) is 1.55. The van der Waals surface area contributed by atoms with Gasteiger partial charge in [-0.2, -0.15) is 0 Å². The summed E-state index contributed by atoms with van der Waals surface area (Å²) in [4.78, 5) is 0. The molecule has 0 bridgehead atoms. The molecule has 0 amide bonds. The molecule has 0 saturated carbocycles. The van der Waals surface area contributed by atoms with E-state index in [9.17, 15) is 8.76 Å². The van der Waals surface area contributed by atoms with Gasteiger partial charge in [0, 0.05) is 5.25 Å². The lowest BCUT2D eigenvalue weighted by atomic mass is 10.0. The van der Waals surface area contributed by atoms with E-state index >= 15 is 0 Å². The Labute approximate surface area is 65.3 Å². The summed E-state index contributed by atoms with van der Waals surface area (Å²) in [5, 5.41) is -0.194. The predicted molar refractivity (Wildman–Crippen MR) is 42.4 cm³/mol. The zero-order valence-corrected chi connectivity index (χ0v) is 7.77. The lowest BCUT2D eigenvalue weighted by Gasteiger charge is -2.26. The van der Waals surface area contributed by atoms with Crippen LogP contribution in [0.25, 0.3) is 0 Å². The van der Waals surface area contributed by atoms with Crippen LogP contribution in [-0.2, 0) is 11.1 Å². The summed E-state index contributed by atoms with van der Waals surface area (Å²) in [7, 11) is 0. The van der Waals surface area contributed by atoms with Crippen LogP contribution in [0.4, 0.5) is 0 Å². The zero-order chi connectivity index (χ0) is 8.31. The van der Waals surface area contributed by atoms with E-state index in [2.05, 4.69) is 0 Å². The fourth-order valence-corrected chi connectivity index (χ4v) is 2.10. The molecule has 2 nitrogen and oxygen atoms in total. The second kappa shape index (κ2) is 4.09. The van der Waals surface area contributed by atoms with Gasteiger partial charge in [-0.3, -0.25) is 4.21 Å². The highest BCUT2D eigenvalue weighted by molar-refractivity contribution is 7.79. The van der Waals surface area contributed by atoms with Crippen LogP contribution in [0, 0.1) is 11.8 Å². The molecule has 0 N–H and O–H groups in total. The minimum atomic E-state index is -1.91. The SMILES string of the molecule is CC(C)C(C(C)C)S(=O)[O-]. The van der Waals surface area contributed by atoms with E-state index in [0.29, 0.717) is 0 Å². The molecule has 1 atom stereocenters. The van der Waals surface area contributed by atoms with Crippen LogP contribution in [0.3, 0.4) is 0 Å². The van der Waals surface area contributed by atoms with Gasteiger partial charge in [-0.1, -0.05) is 38.8 Å². The van der Waals surface area contributed by atoms with Gasteiger partial charge in [0.1, 0.15) is 0 Å². The largest absolute Gasteiger partial charge is 0.772 e. The first-order valence-electron chi connectivity index (χ1n) is 3.55. The average Bonchev–Trinajstić information content (AvgIpc) is 1.59. The topological polar surface area (TPSA) is 40.1 Å². The van der Waals surface area contributed by atoms with E-state index in [-0.39, 0.29) is 17.1 Å². The van der Waals surface area contributed by atoms with Crippen LogP contribution in [0.2, 0.25) is 0 Å². The Balaban J connectivity index is 4.12. The summed E-state index contributed by atoms with van der Waals surface area (Å²) in [5.74, 6) is 0.441. The van der Waals surface area contributed by atoms with Crippen LogP contribution >= 0.6 is 0 Å². The van der Waals surface area contributed by atoms with Crippen LogP contribution in [0.15, 0.2) is 0 Å². The summed E-state index contributed by atoms with van der Waals surface area (Å²) in [6.07, 6.45) is 0. The fraction of sp³-hybridized carbons (Fsp3) is 1.00. The standard InChI is InChI=1S/C7H16O2S/c1-5(2)7(6(3)4)10(8)9/h5-7H,1-4H3,(H,8,9)/p-1. The van der Waals surface area contributed by atoms with Gasteiger partial charge in [-0.25, -0.2) is 0 Å². The van der Waals surface area contributed by atoms with Crippen molar-refractivity contribution in [3.63, 3.8) is 0 Å². The maximum Gasteiger partial charge on any atom is 0.0261 e. The fourth-order valence-electron chi connectivity index (χ4n) is 1.21. The molecule has 0 rings (SSSR count). The highest BCUT2D eigenvalue weighted by Gasteiger charge is 2.17. The molecule has 0 aliphatic rings. The molecule has 1 unspecified atom stereocenters. The van der Waals surface area contributed by atoms with Crippen LogP contribution < -0.4 is 0 Å². The zero-order valence-electron chi connectivity index (χ0n) is 6.96. The Morgan fingerprint density at radius 3 is 1.40 bits per heavy atom. The van der Waals surface area contributed by atoms with Gasteiger partial charge in [0.05, 0.1) is 0 Å². The third kappa shape index (κ3) is 2.80. The van der Waals surface area contributed by atoms with Crippen LogP contribution in [-0.4, -0.2) is 14.0 Å². The first kappa shape index (κ1) is 10.1. The number of hydrogen-bond donors (Lipinski definition) is 0. The van der Waals surface area contributed by atoms with E-state index < -0.39 is 11.1 Å². The molecule has 0 aliphatic carbocycles. The molecule has 0 aromatic carbocycles. The van der Waals surface area contributed by atoms with Crippen molar-refractivity contribution < 1.29 is 8.76 Å². The molecular weight excluding hydrogens is 148 g/mol. The van der Waals surface area contributed by atoms with Crippen molar-refractivity contribution >= 4 is 11.1 Å². The normalized spacial score (nSPS) is 15.2. The Morgan fingerprint density at radius 2 is 1.40 bits per heavy atom. The van der Waals surface area contributed by atoms with E-state index in [1.165, 1.54) is 0 Å². The van der Waals surface area contributed by atoms with Gasteiger partial charge in [-0.05, 0) is 11.8 Å². The minimum Gasteiger partial charge on any atom is -0.772 e. The molecule has 0 saturated heterocycles. The molecule has 0 aromatic rings. The molecule has 0 aromatic heterocycles. The molecule has 62 valence electrons. The van der Waals surface area contributed by atoms with Crippen molar-refractivity contribution in [3.05, 3.63) is 0 Å². The summed E-state index contributed by atoms with van der Waals surface area (Å²) in [5.41, 5.74) is 0. The summed E-state index contributed by atoms with van der Waals surface area (Å²) in [6.45, 7) is 7.72. The molecule has 3 heteroatoms. The number of hydrogen-bond acceptors (Lipinski definition) is 2. The molecule has 0 heterocycles. The molecule has 0 spiro atoms. The summed E-state index contributed by atoms with van der Waals surface area (Å²) in [6, 6.07) is 0. The van der Waals surface area contributed by atoms with E-state index in [4.69, 9.17) is 0 Å². The molecular formula is C7H15O2S-. The maximum absolute atomic E-state index is 10.6. The van der Waals surface area contributed by atoms with Crippen LogP contribution in [0.1, 0.15) is 27.7 Å². The van der Waals surface area contributed by atoms with Crippen molar-refractivity contribution in [3.8, 4) is 0 Å². The monoisotopic (exact) mass is 163 g/mol. The van der Waals surface area contributed by atoms with Gasteiger partial charge in [0.25, 0.3) is 0 Å². The second-order valence-corrected chi connectivity index (χ2v) is 4.28. The van der Waals surface area contributed by atoms with Gasteiger partial charge in [-0.15, -0.1) is 0 Å².